The first-order valence-electron chi connectivity index (χ1n) is 5.68. The first-order chi connectivity index (χ1) is 7.54. The molecule has 0 radical (unpaired) electrons. The summed E-state index contributed by atoms with van der Waals surface area (Å²) in [7, 11) is 2.13. The van der Waals surface area contributed by atoms with Crippen molar-refractivity contribution >= 4 is 5.84 Å². The Morgan fingerprint density at radius 1 is 1.38 bits per heavy atom. The molecule has 3 heteroatoms. The molecule has 1 rings (SSSR count). The fourth-order valence-corrected chi connectivity index (χ4v) is 1.55. The molecule has 0 aliphatic heterocycles. The van der Waals surface area contributed by atoms with Crippen LogP contribution >= 0.6 is 0 Å². The predicted molar refractivity (Wildman–Crippen MR) is 68.7 cm³/mol. The molecule has 3 N–H and O–H groups in total. The third kappa shape index (κ3) is 3.35. The molecule has 0 spiro atoms. The Morgan fingerprint density at radius 3 is 2.38 bits per heavy atom. The van der Waals surface area contributed by atoms with Crippen molar-refractivity contribution in [3.05, 3.63) is 35.4 Å². The fraction of sp³-hybridized carbons (Fsp3) is 0.462. The summed E-state index contributed by atoms with van der Waals surface area (Å²) in [4.78, 5) is 2.32. The highest BCUT2D eigenvalue weighted by atomic mass is 15.1. The normalized spacial score (nSPS) is 12.8. The van der Waals surface area contributed by atoms with E-state index in [-0.39, 0.29) is 5.84 Å². The zero-order valence-electron chi connectivity index (χ0n) is 10.3. The second-order valence-electron chi connectivity index (χ2n) is 4.28. The number of hydrogen-bond acceptors (Lipinski definition) is 2. The van der Waals surface area contributed by atoms with Gasteiger partial charge in [-0.3, -0.25) is 10.3 Å². The Hall–Kier alpha value is -1.35. The van der Waals surface area contributed by atoms with Gasteiger partial charge in [0.05, 0.1) is 0 Å². The number of benzene rings is 1. The fourth-order valence-electron chi connectivity index (χ4n) is 1.55. The van der Waals surface area contributed by atoms with Crippen molar-refractivity contribution in [2.24, 2.45) is 5.73 Å². The average molecular weight is 219 g/mol. The van der Waals surface area contributed by atoms with Crippen molar-refractivity contribution < 1.29 is 0 Å². The Balaban J connectivity index is 2.65. The Kier molecular flexibility index (Phi) is 4.50. The van der Waals surface area contributed by atoms with Crippen LogP contribution in [0.3, 0.4) is 0 Å². The number of nitrogen functional groups attached to an aromatic ring is 1. The van der Waals surface area contributed by atoms with Crippen LogP contribution in [-0.4, -0.2) is 23.8 Å². The average Bonchev–Trinajstić information content (AvgIpc) is 2.28. The summed E-state index contributed by atoms with van der Waals surface area (Å²) >= 11 is 0. The molecule has 0 fully saturated rings. The number of nitrogens with two attached hydrogens (primary N) is 1. The van der Waals surface area contributed by atoms with Crippen molar-refractivity contribution in [3.8, 4) is 0 Å². The largest absolute Gasteiger partial charge is 0.384 e. The maximum atomic E-state index is 7.31. The highest BCUT2D eigenvalue weighted by Crippen LogP contribution is 2.09. The number of hydrogen-bond donors (Lipinski definition) is 2. The topological polar surface area (TPSA) is 53.1 Å². The molecule has 0 heterocycles. The predicted octanol–water partition coefficient (Wildman–Crippen LogP) is 2.20. The summed E-state index contributed by atoms with van der Waals surface area (Å²) in [6.45, 7) is 5.36. The van der Waals surface area contributed by atoms with Gasteiger partial charge in [-0.1, -0.05) is 31.2 Å². The summed E-state index contributed by atoms with van der Waals surface area (Å²) in [6.07, 6.45) is 1.15. The number of amidine groups is 1. The van der Waals surface area contributed by atoms with E-state index < -0.39 is 0 Å². The van der Waals surface area contributed by atoms with Gasteiger partial charge in [-0.25, -0.2) is 0 Å². The van der Waals surface area contributed by atoms with E-state index in [0.29, 0.717) is 6.04 Å². The van der Waals surface area contributed by atoms with Gasteiger partial charge in [-0.05, 0) is 26.0 Å². The minimum Gasteiger partial charge on any atom is -0.384 e. The van der Waals surface area contributed by atoms with Gasteiger partial charge in [0.2, 0.25) is 0 Å². The molecule has 1 unspecified atom stereocenters. The Labute approximate surface area is 97.8 Å². The van der Waals surface area contributed by atoms with E-state index in [1.165, 1.54) is 5.56 Å². The van der Waals surface area contributed by atoms with E-state index >= 15 is 0 Å². The van der Waals surface area contributed by atoms with Crippen LogP contribution in [0.15, 0.2) is 24.3 Å². The van der Waals surface area contributed by atoms with Crippen molar-refractivity contribution in [1.29, 1.82) is 5.41 Å². The van der Waals surface area contributed by atoms with Crippen molar-refractivity contribution in [2.45, 2.75) is 32.9 Å². The highest BCUT2D eigenvalue weighted by molar-refractivity contribution is 5.94. The first kappa shape index (κ1) is 12.7. The van der Waals surface area contributed by atoms with Crippen molar-refractivity contribution in [1.82, 2.24) is 4.90 Å². The van der Waals surface area contributed by atoms with Gasteiger partial charge in [0.15, 0.2) is 0 Å². The van der Waals surface area contributed by atoms with Crippen molar-refractivity contribution in [2.75, 3.05) is 7.05 Å². The standard InChI is InChI=1S/C13H21N3/c1-4-10(2)16(3)9-11-5-7-12(8-6-11)13(14)15/h5-8,10H,4,9H2,1-3H3,(H3,14,15). The second kappa shape index (κ2) is 5.66. The number of rotatable bonds is 5. The lowest BCUT2D eigenvalue weighted by Gasteiger charge is -2.23. The lowest BCUT2D eigenvalue weighted by Crippen LogP contribution is -2.27. The lowest BCUT2D eigenvalue weighted by molar-refractivity contribution is 0.244. The molecular formula is C13H21N3. The van der Waals surface area contributed by atoms with Crippen LogP contribution in [0.2, 0.25) is 0 Å². The molecule has 0 aliphatic carbocycles. The minimum atomic E-state index is 0.127. The first-order valence-corrected chi connectivity index (χ1v) is 5.68. The third-order valence-corrected chi connectivity index (χ3v) is 3.04. The number of nitrogens with one attached hydrogen (secondary N) is 1. The second-order valence-corrected chi connectivity index (χ2v) is 4.28. The van der Waals surface area contributed by atoms with Crippen LogP contribution in [0.5, 0.6) is 0 Å². The molecule has 3 nitrogen and oxygen atoms in total. The summed E-state index contributed by atoms with van der Waals surface area (Å²) in [5.41, 5.74) is 7.45. The van der Waals surface area contributed by atoms with Crippen LogP contribution in [0.4, 0.5) is 0 Å². The molecule has 0 amide bonds. The van der Waals surface area contributed by atoms with Gasteiger partial charge < -0.3 is 5.73 Å². The maximum absolute atomic E-state index is 7.31. The molecular weight excluding hydrogens is 198 g/mol. The zero-order valence-corrected chi connectivity index (χ0v) is 10.3. The molecule has 88 valence electrons. The molecule has 1 aromatic carbocycles. The summed E-state index contributed by atoms with van der Waals surface area (Å²) < 4.78 is 0. The van der Waals surface area contributed by atoms with E-state index in [4.69, 9.17) is 11.1 Å². The van der Waals surface area contributed by atoms with Gasteiger partial charge in [0, 0.05) is 18.2 Å². The van der Waals surface area contributed by atoms with Crippen LogP contribution in [0.25, 0.3) is 0 Å². The Bertz CT molecular complexity index is 343. The quantitative estimate of drug-likeness (QED) is 0.589. The lowest BCUT2D eigenvalue weighted by atomic mass is 10.1. The van der Waals surface area contributed by atoms with Gasteiger partial charge in [-0.15, -0.1) is 0 Å². The summed E-state index contributed by atoms with van der Waals surface area (Å²) in [6, 6.07) is 8.47. The zero-order chi connectivity index (χ0) is 12.1. The van der Waals surface area contributed by atoms with Crippen molar-refractivity contribution in [3.63, 3.8) is 0 Å². The van der Waals surface area contributed by atoms with Crippen LogP contribution < -0.4 is 5.73 Å². The van der Waals surface area contributed by atoms with Crippen LogP contribution in [0.1, 0.15) is 31.4 Å². The maximum Gasteiger partial charge on any atom is 0.122 e. The van der Waals surface area contributed by atoms with E-state index in [2.05, 4.69) is 25.8 Å². The van der Waals surface area contributed by atoms with Gasteiger partial charge in [0.1, 0.15) is 5.84 Å². The van der Waals surface area contributed by atoms with Crippen LogP contribution in [0, 0.1) is 5.41 Å². The van der Waals surface area contributed by atoms with E-state index in [9.17, 15) is 0 Å². The monoisotopic (exact) mass is 219 g/mol. The highest BCUT2D eigenvalue weighted by Gasteiger charge is 2.07. The number of nitrogens with zero attached hydrogens (tertiary/aromatic N) is 1. The van der Waals surface area contributed by atoms with Gasteiger partial charge >= 0.3 is 0 Å². The SMILES string of the molecule is CCC(C)N(C)Cc1ccc(C(=N)N)cc1. The van der Waals surface area contributed by atoms with Gasteiger partial charge in [-0.2, -0.15) is 0 Å². The van der Waals surface area contributed by atoms with E-state index in [1.54, 1.807) is 0 Å². The molecule has 1 atom stereocenters. The molecule has 0 saturated carbocycles. The summed E-state index contributed by atoms with van der Waals surface area (Å²) in [5.74, 6) is 0.127. The minimum absolute atomic E-state index is 0.127. The Morgan fingerprint density at radius 2 is 1.94 bits per heavy atom. The molecule has 0 aliphatic rings. The molecule has 1 aromatic rings. The summed E-state index contributed by atoms with van der Waals surface area (Å²) in [5, 5.41) is 7.31. The van der Waals surface area contributed by atoms with E-state index in [0.717, 1.165) is 18.5 Å². The molecule has 0 aromatic heterocycles. The smallest absolute Gasteiger partial charge is 0.122 e. The molecule has 0 saturated heterocycles. The third-order valence-electron chi connectivity index (χ3n) is 3.04. The van der Waals surface area contributed by atoms with Crippen LogP contribution in [-0.2, 0) is 6.54 Å². The molecule has 0 bridgehead atoms. The van der Waals surface area contributed by atoms with E-state index in [1.807, 2.05) is 24.3 Å². The van der Waals surface area contributed by atoms with Gasteiger partial charge in [0.25, 0.3) is 0 Å². The molecule has 16 heavy (non-hydrogen) atoms.